The average Bonchev–Trinajstić information content (AvgIpc) is 3.13. The van der Waals surface area contributed by atoms with Crippen molar-refractivity contribution in [3.05, 3.63) is 18.1 Å². The number of carbonyl (C=O) groups is 1. The van der Waals surface area contributed by atoms with Crippen LogP contribution in [0.25, 0.3) is 11.0 Å². The van der Waals surface area contributed by atoms with Gasteiger partial charge in [0.1, 0.15) is 35.6 Å². The first-order valence-electron chi connectivity index (χ1n) is 8.78. The summed E-state index contributed by atoms with van der Waals surface area (Å²) in [6, 6.07) is 0. The molecule has 16 nitrogen and oxygen atoms in total. The van der Waals surface area contributed by atoms with E-state index in [0.717, 1.165) is 6.33 Å². The van der Waals surface area contributed by atoms with Crippen LogP contribution in [0.5, 0.6) is 0 Å². The summed E-state index contributed by atoms with van der Waals surface area (Å²) in [6.07, 6.45) is -2.28. The lowest BCUT2D eigenvalue weighted by Gasteiger charge is -2.27. The number of carboxylic acid groups (broad SMARTS) is 1. The van der Waals surface area contributed by atoms with Crippen molar-refractivity contribution in [3.63, 3.8) is 0 Å². The molecular weight excluding hydrogens is 490 g/mol. The third-order valence-corrected chi connectivity index (χ3v) is 6.71. The number of fused-ring (bicyclic) bond motifs is 1. The molecule has 0 saturated carbocycles. The highest BCUT2D eigenvalue weighted by atomic mass is 31.3. The van der Waals surface area contributed by atoms with Crippen molar-refractivity contribution in [2.75, 3.05) is 12.3 Å². The molecule has 0 amide bonds. The van der Waals surface area contributed by atoms with Gasteiger partial charge in [-0.25, -0.2) is 23.9 Å². The Kier molecular flexibility index (Phi) is 6.68. The summed E-state index contributed by atoms with van der Waals surface area (Å²) in [5.41, 5.74) is 3.93. The molecule has 18 heteroatoms. The highest BCUT2D eigenvalue weighted by Gasteiger charge is 2.54. The molecule has 0 aliphatic carbocycles. The van der Waals surface area contributed by atoms with Gasteiger partial charge in [0, 0.05) is 12.1 Å². The van der Waals surface area contributed by atoms with Gasteiger partial charge in [0.05, 0.1) is 17.6 Å². The number of nitrogens with zero attached hydrogens (tertiary/aromatic N) is 3. The highest BCUT2D eigenvalue weighted by molar-refractivity contribution is 7.60. The number of anilines is 1. The van der Waals surface area contributed by atoms with Crippen LogP contribution in [0.1, 0.15) is 18.7 Å². The van der Waals surface area contributed by atoms with Gasteiger partial charge in [0.25, 0.3) is 0 Å². The van der Waals surface area contributed by atoms with Crippen molar-refractivity contribution >= 4 is 38.5 Å². The summed E-state index contributed by atoms with van der Waals surface area (Å²) in [4.78, 5) is 45.4. The molecule has 3 heterocycles. The summed E-state index contributed by atoms with van der Waals surface area (Å²) >= 11 is 0. The van der Waals surface area contributed by atoms with Crippen molar-refractivity contribution in [3.8, 4) is 11.8 Å². The zero-order chi connectivity index (χ0) is 24.8. The Morgan fingerprint density at radius 1 is 1.36 bits per heavy atom. The van der Waals surface area contributed by atoms with Crippen LogP contribution in [0, 0.1) is 11.8 Å². The molecule has 0 radical (unpaired) electrons. The Labute approximate surface area is 184 Å². The van der Waals surface area contributed by atoms with Gasteiger partial charge in [-0.2, -0.15) is 4.31 Å². The molecule has 2 aromatic heterocycles. The molecular formula is C15H18N4O12P2. The zero-order valence-corrected chi connectivity index (χ0v) is 18.3. The number of aliphatic hydroxyl groups is 2. The number of aromatic nitrogens is 3. The van der Waals surface area contributed by atoms with E-state index < -0.39 is 52.3 Å². The van der Waals surface area contributed by atoms with E-state index >= 15 is 0 Å². The van der Waals surface area contributed by atoms with Gasteiger partial charge < -0.3 is 45.0 Å². The van der Waals surface area contributed by atoms with E-state index in [1.165, 1.54) is 17.7 Å². The molecule has 4 unspecified atom stereocenters. The number of phosphoric ester groups is 1. The lowest BCUT2D eigenvalue weighted by molar-refractivity contribution is -0.130. The van der Waals surface area contributed by atoms with Crippen LogP contribution in [0.3, 0.4) is 0 Å². The molecule has 0 spiro atoms. The fourth-order valence-corrected chi connectivity index (χ4v) is 4.81. The smallest absolute Gasteiger partial charge is 0.472 e. The molecule has 1 saturated heterocycles. The van der Waals surface area contributed by atoms with E-state index in [2.05, 4.69) is 24.7 Å². The minimum Gasteiger partial charge on any atom is -0.472 e. The number of carboxylic acids is 1. The molecule has 1 aliphatic heterocycles. The van der Waals surface area contributed by atoms with Gasteiger partial charge in [-0.3, -0.25) is 4.52 Å². The lowest BCUT2D eigenvalue weighted by atomic mass is 9.96. The number of aliphatic hydroxyl groups excluding tert-OH is 1. The van der Waals surface area contributed by atoms with Crippen molar-refractivity contribution in [1.82, 2.24) is 14.5 Å². The second-order valence-electron chi connectivity index (χ2n) is 7.00. The van der Waals surface area contributed by atoms with Crippen LogP contribution >= 0.6 is 15.6 Å². The topological polar surface area (TPSA) is 257 Å². The quantitative estimate of drug-likeness (QED) is 0.176. The number of rotatable bonds is 6. The Morgan fingerprint density at radius 2 is 2.03 bits per heavy atom. The maximum atomic E-state index is 11.7. The van der Waals surface area contributed by atoms with E-state index in [9.17, 15) is 29.0 Å². The van der Waals surface area contributed by atoms with Crippen molar-refractivity contribution in [2.24, 2.45) is 0 Å². The van der Waals surface area contributed by atoms with Gasteiger partial charge >= 0.3 is 21.6 Å². The Hall–Kier alpha value is -2.41. The largest absolute Gasteiger partial charge is 0.481 e. The fourth-order valence-electron chi connectivity index (χ4n) is 3.21. The third-order valence-electron chi connectivity index (χ3n) is 4.56. The average molecular weight is 508 g/mol. The molecule has 0 aromatic carbocycles. The third kappa shape index (κ3) is 5.40. The molecule has 1 aliphatic rings. The van der Waals surface area contributed by atoms with Gasteiger partial charge in [0.2, 0.25) is 0 Å². The summed E-state index contributed by atoms with van der Waals surface area (Å²) in [7, 11) is -10.6. The Morgan fingerprint density at radius 3 is 2.64 bits per heavy atom. The van der Waals surface area contributed by atoms with E-state index in [-0.39, 0.29) is 22.4 Å². The van der Waals surface area contributed by atoms with Gasteiger partial charge in [-0.15, -0.1) is 0 Å². The SMILES string of the molecule is C[C@@]1(O)C(O)C(COP(=O)(O)OP(=O)(O)O)OC1n1cc(C#CC(=O)O)c2c(N)ncnc21. The summed E-state index contributed by atoms with van der Waals surface area (Å²) in [5.74, 6) is 2.81. The summed E-state index contributed by atoms with van der Waals surface area (Å²) in [5, 5.41) is 30.3. The molecule has 8 N–H and O–H groups in total. The minimum atomic E-state index is -5.37. The van der Waals surface area contributed by atoms with E-state index in [0.29, 0.717) is 0 Å². The minimum absolute atomic E-state index is 0.0534. The predicted molar refractivity (Wildman–Crippen MR) is 106 cm³/mol. The van der Waals surface area contributed by atoms with Gasteiger partial charge in [-0.1, -0.05) is 5.92 Å². The van der Waals surface area contributed by atoms with Crippen LogP contribution in [0.15, 0.2) is 12.5 Å². The van der Waals surface area contributed by atoms with Gasteiger partial charge in [-0.05, 0) is 6.92 Å². The number of nitrogens with two attached hydrogens (primary N) is 1. The van der Waals surface area contributed by atoms with Crippen LogP contribution in [-0.4, -0.2) is 74.9 Å². The molecule has 180 valence electrons. The second-order valence-corrected chi connectivity index (χ2v) is 9.83. The number of ether oxygens (including phenoxy) is 1. The molecule has 3 rings (SSSR count). The molecule has 33 heavy (non-hydrogen) atoms. The second kappa shape index (κ2) is 8.75. The van der Waals surface area contributed by atoms with E-state index in [4.69, 9.17) is 25.4 Å². The summed E-state index contributed by atoms with van der Waals surface area (Å²) < 4.78 is 37.3. The number of phosphoric acid groups is 2. The maximum Gasteiger partial charge on any atom is 0.481 e. The number of nitrogen functional groups attached to an aromatic ring is 1. The number of aliphatic carboxylic acids is 1. The number of hydrogen-bond donors (Lipinski definition) is 7. The zero-order valence-electron chi connectivity index (χ0n) is 16.5. The van der Waals surface area contributed by atoms with Gasteiger partial charge in [0.15, 0.2) is 6.23 Å². The van der Waals surface area contributed by atoms with E-state index in [1.807, 2.05) is 5.92 Å². The van der Waals surface area contributed by atoms with Crippen LogP contribution < -0.4 is 5.73 Å². The first kappa shape index (κ1) is 25.2. The van der Waals surface area contributed by atoms with Crippen LogP contribution in [-0.2, 0) is 27.5 Å². The molecule has 0 bridgehead atoms. The molecule has 2 aromatic rings. The van der Waals surface area contributed by atoms with Crippen molar-refractivity contribution < 1.29 is 57.5 Å². The van der Waals surface area contributed by atoms with E-state index in [1.54, 1.807) is 0 Å². The highest BCUT2D eigenvalue weighted by Crippen LogP contribution is 2.58. The number of hydrogen-bond acceptors (Lipinski definition) is 11. The Bertz CT molecular complexity index is 1240. The van der Waals surface area contributed by atoms with Crippen LogP contribution in [0.4, 0.5) is 5.82 Å². The first-order valence-corrected chi connectivity index (χ1v) is 11.8. The van der Waals surface area contributed by atoms with Crippen molar-refractivity contribution in [1.29, 1.82) is 0 Å². The predicted octanol–water partition coefficient (Wildman–Crippen LogP) is -1.31. The summed E-state index contributed by atoms with van der Waals surface area (Å²) in [6.45, 7) is 0.260. The van der Waals surface area contributed by atoms with Crippen molar-refractivity contribution in [2.45, 2.75) is 31.0 Å². The monoisotopic (exact) mass is 508 g/mol. The lowest BCUT2D eigenvalue weighted by Crippen LogP contribution is -2.44. The van der Waals surface area contributed by atoms with Crippen LogP contribution in [0.2, 0.25) is 0 Å². The Balaban J connectivity index is 1.95. The fraction of sp³-hybridized carbons (Fsp3) is 0.400. The molecule has 5 atom stereocenters. The normalized spacial score (nSPS) is 27.2. The first-order chi connectivity index (χ1) is 15.1. The molecule has 1 fully saturated rings. The standard InChI is InChI=1S/C15H18N4O12P2/c1-15(23)11(22)8(5-29-33(27,28)31-32(24,25)26)30-14(15)19-4-7(2-3-9(20)21)10-12(16)17-6-18-13(10)19/h4,6,8,11,14,22-23H,5H2,1H3,(H,20,21)(H,27,28)(H2,16,17,18)(H2,24,25,26)/t8?,11?,14?,15-/m1/s1. The maximum absolute atomic E-state index is 11.7.